The lowest BCUT2D eigenvalue weighted by Crippen LogP contribution is -1.97. The van der Waals surface area contributed by atoms with Gasteiger partial charge in [-0.15, -0.1) is 0 Å². The van der Waals surface area contributed by atoms with Gasteiger partial charge in [-0.25, -0.2) is 9.97 Å². The van der Waals surface area contributed by atoms with Crippen LogP contribution in [0.15, 0.2) is 30.3 Å². The first-order valence-electron chi connectivity index (χ1n) is 6.25. The molecule has 0 aliphatic heterocycles. The van der Waals surface area contributed by atoms with Gasteiger partial charge in [0.2, 0.25) is 0 Å². The fourth-order valence-corrected chi connectivity index (χ4v) is 2.02. The van der Waals surface area contributed by atoms with E-state index in [2.05, 4.69) is 48.1 Å². The van der Waals surface area contributed by atoms with Crippen LogP contribution in [0, 0.1) is 12.8 Å². The predicted molar refractivity (Wildman–Crippen MR) is 75.2 cm³/mol. The molecule has 18 heavy (non-hydrogen) atoms. The summed E-state index contributed by atoms with van der Waals surface area (Å²) in [6.45, 7) is 6.30. The van der Waals surface area contributed by atoms with Gasteiger partial charge >= 0.3 is 0 Å². The van der Waals surface area contributed by atoms with Gasteiger partial charge in [-0.3, -0.25) is 0 Å². The summed E-state index contributed by atoms with van der Waals surface area (Å²) in [7, 11) is 0. The maximum atomic E-state index is 5.74. The molecule has 0 radical (unpaired) electrons. The minimum Gasteiger partial charge on any atom is -0.384 e. The van der Waals surface area contributed by atoms with Crippen molar-refractivity contribution in [3.8, 4) is 11.3 Å². The lowest BCUT2D eigenvalue weighted by atomic mass is 10.0. The van der Waals surface area contributed by atoms with Crippen LogP contribution in [-0.4, -0.2) is 9.97 Å². The minimum absolute atomic E-state index is 0.517. The van der Waals surface area contributed by atoms with Crippen molar-refractivity contribution in [2.45, 2.75) is 27.2 Å². The molecule has 3 nitrogen and oxygen atoms in total. The fourth-order valence-electron chi connectivity index (χ4n) is 2.02. The first kappa shape index (κ1) is 12.6. The van der Waals surface area contributed by atoms with Crippen molar-refractivity contribution >= 4 is 5.82 Å². The highest BCUT2D eigenvalue weighted by atomic mass is 14.9. The summed E-state index contributed by atoms with van der Waals surface area (Å²) < 4.78 is 0. The van der Waals surface area contributed by atoms with Crippen molar-refractivity contribution in [3.63, 3.8) is 0 Å². The normalized spacial score (nSPS) is 10.9. The monoisotopic (exact) mass is 241 g/mol. The average Bonchev–Trinajstić information content (AvgIpc) is 2.27. The number of nitrogen functional groups attached to an aromatic ring is 1. The highest BCUT2D eigenvalue weighted by Crippen LogP contribution is 2.20. The Labute approximate surface area is 108 Å². The third-order valence-electron chi connectivity index (χ3n) is 2.75. The van der Waals surface area contributed by atoms with Gasteiger partial charge < -0.3 is 5.73 Å². The van der Waals surface area contributed by atoms with Crippen LogP contribution < -0.4 is 5.73 Å². The smallest absolute Gasteiger partial charge is 0.128 e. The number of benzene rings is 1. The molecule has 2 aromatic rings. The summed E-state index contributed by atoms with van der Waals surface area (Å²) in [6, 6.07) is 10.3. The third kappa shape index (κ3) is 3.06. The molecule has 2 rings (SSSR count). The Morgan fingerprint density at radius 3 is 2.33 bits per heavy atom. The zero-order valence-corrected chi connectivity index (χ0v) is 11.1. The summed E-state index contributed by atoms with van der Waals surface area (Å²) in [5.41, 5.74) is 9.06. The molecule has 0 fully saturated rings. The zero-order valence-electron chi connectivity index (χ0n) is 11.1. The molecule has 1 aromatic heterocycles. The molecule has 0 unspecified atom stereocenters. The average molecular weight is 241 g/mol. The molecule has 0 bridgehead atoms. The minimum atomic E-state index is 0.517. The Hall–Kier alpha value is -1.90. The van der Waals surface area contributed by atoms with Crippen molar-refractivity contribution in [2.75, 3.05) is 5.73 Å². The molecule has 0 saturated heterocycles. The van der Waals surface area contributed by atoms with E-state index in [1.54, 1.807) is 0 Å². The molecule has 0 atom stereocenters. The third-order valence-corrected chi connectivity index (χ3v) is 2.75. The van der Waals surface area contributed by atoms with Crippen molar-refractivity contribution in [2.24, 2.45) is 5.92 Å². The topological polar surface area (TPSA) is 51.8 Å². The van der Waals surface area contributed by atoms with Gasteiger partial charge in [-0.2, -0.15) is 0 Å². The Bertz CT molecular complexity index is 510. The molecule has 3 heteroatoms. The molecule has 0 spiro atoms. The molecule has 1 aromatic carbocycles. The molecule has 0 saturated carbocycles. The molecular weight excluding hydrogens is 222 g/mol. The maximum Gasteiger partial charge on any atom is 0.128 e. The first-order valence-corrected chi connectivity index (χ1v) is 6.25. The lowest BCUT2D eigenvalue weighted by molar-refractivity contribution is 0.647. The van der Waals surface area contributed by atoms with Crippen LogP contribution in [0.2, 0.25) is 0 Å². The van der Waals surface area contributed by atoms with E-state index in [1.165, 1.54) is 5.56 Å². The quantitative estimate of drug-likeness (QED) is 0.897. The SMILES string of the molecule is Cc1nc(N)cc(-c2ccc(CC(C)C)cc2)n1. The van der Waals surface area contributed by atoms with Gasteiger partial charge in [-0.05, 0) is 24.8 Å². The predicted octanol–water partition coefficient (Wildman–Crippen LogP) is 3.23. The van der Waals surface area contributed by atoms with Crippen molar-refractivity contribution in [1.82, 2.24) is 9.97 Å². The van der Waals surface area contributed by atoms with E-state index < -0.39 is 0 Å². The zero-order chi connectivity index (χ0) is 13.1. The summed E-state index contributed by atoms with van der Waals surface area (Å²) >= 11 is 0. The van der Waals surface area contributed by atoms with E-state index in [-0.39, 0.29) is 0 Å². The Morgan fingerprint density at radius 1 is 1.11 bits per heavy atom. The van der Waals surface area contributed by atoms with E-state index in [9.17, 15) is 0 Å². The van der Waals surface area contributed by atoms with Gasteiger partial charge in [0.25, 0.3) is 0 Å². The first-order chi connectivity index (χ1) is 8.54. The van der Waals surface area contributed by atoms with E-state index in [4.69, 9.17) is 5.73 Å². The second kappa shape index (κ2) is 5.17. The number of nitrogens with two attached hydrogens (primary N) is 1. The van der Waals surface area contributed by atoms with Crippen LogP contribution in [0.5, 0.6) is 0 Å². The van der Waals surface area contributed by atoms with Gasteiger partial charge in [0.15, 0.2) is 0 Å². The van der Waals surface area contributed by atoms with Crippen LogP contribution in [0.1, 0.15) is 25.2 Å². The van der Waals surface area contributed by atoms with Crippen LogP contribution in [0.3, 0.4) is 0 Å². The lowest BCUT2D eigenvalue weighted by Gasteiger charge is -2.07. The molecule has 94 valence electrons. The number of hydrogen-bond acceptors (Lipinski definition) is 3. The van der Waals surface area contributed by atoms with Crippen LogP contribution in [0.25, 0.3) is 11.3 Å². The number of rotatable bonds is 3. The van der Waals surface area contributed by atoms with E-state index in [0.29, 0.717) is 17.6 Å². The van der Waals surface area contributed by atoms with Gasteiger partial charge in [0, 0.05) is 11.6 Å². The molecule has 0 aliphatic carbocycles. The fraction of sp³-hybridized carbons (Fsp3) is 0.333. The van der Waals surface area contributed by atoms with Crippen LogP contribution >= 0.6 is 0 Å². The number of hydrogen-bond donors (Lipinski definition) is 1. The standard InChI is InChI=1S/C15H19N3/c1-10(2)8-12-4-6-13(7-5-12)14-9-15(16)18-11(3)17-14/h4-7,9-10H,8H2,1-3H3,(H2,16,17,18). The largest absolute Gasteiger partial charge is 0.384 e. The highest BCUT2D eigenvalue weighted by Gasteiger charge is 2.03. The van der Waals surface area contributed by atoms with E-state index in [0.717, 1.165) is 17.7 Å². The molecule has 1 heterocycles. The maximum absolute atomic E-state index is 5.74. The second-order valence-electron chi connectivity index (χ2n) is 5.02. The summed E-state index contributed by atoms with van der Waals surface area (Å²) in [6.07, 6.45) is 1.10. The molecule has 0 aliphatic rings. The van der Waals surface area contributed by atoms with Gasteiger partial charge in [0.1, 0.15) is 11.6 Å². The number of aromatic nitrogens is 2. The Kier molecular flexibility index (Phi) is 3.60. The van der Waals surface area contributed by atoms with Crippen molar-refractivity contribution in [3.05, 3.63) is 41.7 Å². The van der Waals surface area contributed by atoms with Crippen molar-refractivity contribution < 1.29 is 0 Å². The second-order valence-corrected chi connectivity index (χ2v) is 5.02. The summed E-state index contributed by atoms with van der Waals surface area (Å²) in [5, 5.41) is 0. The van der Waals surface area contributed by atoms with Gasteiger partial charge in [0.05, 0.1) is 5.69 Å². The van der Waals surface area contributed by atoms with Crippen LogP contribution in [0.4, 0.5) is 5.82 Å². The number of nitrogens with zero attached hydrogens (tertiary/aromatic N) is 2. The number of anilines is 1. The Morgan fingerprint density at radius 2 is 1.78 bits per heavy atom. The number of aryl methyl sites for hydroxylation is 1. The molecule has 0 amide bonds. The van der Waals surface area contributed by atoms with Crippen LogP contribution in [-0.2, 0) is 6.42 Å². The Balaban J connectivity index is 2.28. The summed E-state index contributed by atoms with van der Waals surface area (Å²) in [5.74, 6) is 1.90. The van der Waals surface area contributed by atoms with E-state index >= 15 is 0 Å². The highest BCUT2D eigenvalue weighted by molar-refractivity contribution is 5.62. The van der Waals surface area contributed by atoms with Gasteiger partial charge in [-0.1, -0.05) is 38.1 Å². The van der Waals surface area contributed by atoms with Crippen molar-refractivity contribution in [1.29, 1.82) is 0 Å². The molecule has 2 N–H and O–H groups in total. The van der Waals surface area contributed by atoms with E-state index in [1.807, 2.05) is 13.0 Å². The molecular formula is C15H19N3. The summed E-state index contributed by atoms with van der Waals surface area (Å²) in [4.78, 5) is 8.49.